The summed E-state index contributed by atoms with van der Waals surface area (Å²) in [6.07, 6.45) is 5.98. The molecule has 5 heteroatoms. The van der Waals surface area contributed by atoms with Gasteiger partial charge in [0, 0.05) is 24.4 Å². The molecule has 0 aliphatic heterocycles. The minimum atomic E-state index is 0.323. The number of nitrogens with zero attached hydrogens (tertiary/aromatic N) is 4. The van der Waals surface area contributed by atoms with Gasteiger partial charge in [-0.1, -0.05) is 20.8 Å². The van der Waals surface area contributed by atoms with Crippen molar-refractivity contribution in [1.82, 2.24) is 24.9 Å². The van der Waals surface area contributed by atoms with E-state index < -0.39 is 0 Å². The molecule has 1 N–H and O–H groups in total. The quantitative estimate of drug-likeness (QED) is 0.867. The molecule has 0 aliphatic rings. The Morgan fingerprint density at radius 2 is 2.11 bits per heavy atom. The van der Waals surface area contributed by atoms with Crippen molar-refractivity contribution in [1.29, 1.82) is 0 Å². The van der Waals surface area contributed by atoms with Crippen molar-refractivity contribution in [2.24, 2.45) is 0 Å². The third kappa shape index (κ3) is 2.76. The lowest BCUT2D eigenvalue weighted by atomic mass is 9.96. The zero-order valence-electron chi connectivity index (χ0n) is 12.2. The summed E-state index contributed by atoms with van der Waals surface area (Å²) < 4.78 is 2.01. The SMILES string of the molecule is CCCNC(CC)C(C)c1nccn2c(C)nnc12. The zero-order chi connectivity index (χ0) is 13.8. The molecule has 0 bridgehead atoms. The summed E-state index contributed by atoms with van der Waals surface area (Å²) in [7, 11) is 0. The van der Waals surface area contributed by atoms with Gasteiger partial charge in [-0.3, -0.25) is 9.38 Å². The highest BCUT2D eigenvalue weighted by Gasteiger charge is 2.21. The van der Waals surface area contributed by atoms with Gasteiger partial charge in [0.05, 0.1) is 5.69 Å². The lowest BCUT2D eigenvalue weighted by Gasteiger charge is -2.23. The van der Waals surface area contributed by atoms with Crippen LogP contribution in [0.15, 0.2) is 12.4 Å². The molecule has 19 heavy (non-hydrogen) atoms. The van der Waals surface area contributed by atoms with E-state index >= 15 is 0 Å². The Morgan fingerprint density at radius 3 is 2.79 bits per heavy atom. The molecule has 0 saturated heterocycles. The van der Waals surface area contributed by atoms with E-state index in [1.807, 2.05) is 23.7 Å². The van der Waals surface area contributed by atoms with Gasteiger partial charge < -0.3 is 5.32 Å². The van der Waals surface area contributed by atoms with Crippen molar-refractivity contribution in [3.05, 3.63) is 23.9 Å². The maximum atomic E-state index is 4.53. The van der Waals surface area contributed by atoms with E-state index in [-0.39, 0.29) is 0 Å². The van der Waals surface area contributed by atoms with E-state index in [1.165, 1.54) is 0 Å². The molecule has 104 valence electrons. The highest BCUT2D eigenvalue weighted by atomic mass is 15.2. The summed E-state index contributed by atoms with van der Waals surface area (Å²) in [5, 5.41) is 12.0. The second-order valence-corrected chi connectivity index (χ2v) is 5.01. The van der Waals surface area contributed by atoms with E-state index in [0.29, 0.717) is 12.0 Å². The molecule has 0 aliphatic carbocycles. The largest absolute Gasteiger partial charge is 0.313 e. The summed E-state index contributed by atoms with van der Waals surface area (Å²) in [5.74, 6) is 1.23. The molecule has 0 saturated carbocycles. The Hall–Kier alpha value is -1.49. The standard InChI is InChI=1S/C14H23N5/c1-5-7-15-12(6-2)10(3)13-14-18-17-11(4)19(14)9-8-16-13/h8-10,12,15H,5-7H2,1-4H3. The number of nitrogens with one attached hydrogen (secondary N) is 1. The highest BCUT2D eigenvalue weighted by molar-refractivity contribution is 5.45. The second-order valence-electron chi connectivity index (χ2n) is 5.01. The topological polar surface area (TPSA) is 55.1 Å². The highest BCUT2D eigenvalue weighted by Crippen LogP contribution is 2.22. The maximum Gasteiger partial charge on any atom is 0.182 e. The van der Waals surface area contributed by atoms with Crippen molar-refractivity contribution in [2.45, 2.75) is 52.5 Å². The lowest BCUT2D eigenvalue weighted by molar-refractivity contribution is 0.433. The molecule has 0 radical (unpaired) electrons. The van der Waals surface area contributed by atoms with Gasteiger partial charge in [-0.05, 0) is 26.3 Å². The number of rotatable bonds is 6. The Morgan fingerprint density at radius 1 is 1.32 bits per heavy atom. The first-order valence-corrected chi connectivity index (χ1v) is 7.08. The number of hydrogen-bond donors (Lipinski definition) is 1. The predicted molar refractivity (Wildman–Crippen MR) is 76.3 cm³/mol. The molecule has 2 aromatic rings. The van der Waals surface area contributed by atoms with Gasteiger partial charge in [-0.2, -0.15) is 0 Å². The Labute approximate surface area is 114 Å². The summed E-state index contributed by atoms with van der Waals surface area (Å²) in [4.78, 5) is 4.53. The first-order chi connectivity index (χ1) is 9.19. The van der Waals surface area contributed by atoms with E-state index in [2.05, 4.69) is 41.3 Å². The fourth-order valence-electron chi connectivity index (χ4n) is 2.48. The second kappa shape index (κ2) is 6.10. The van der Waals surface area contributed by atoms with E-state index in [0.717, 1.165) is 36.6 Å². The number of aromatic nitrogens is 4. The summed E-state index contributed by atoms with van der Waals surface area (Å²) >= 11 is 0. The summed E-state index contributed by atoms with van der Waals surface area (Å²) in [5.41, 5.74) is 1.91. The van der Waals surface area contributed by atoms with E-state index in [4.69, 9.17) is 0 Å². The molecule has 2 atom stereocenters. The third-order valence-electron chi connectivity index (χ3n) is 3.66. The van der Waals surface area contributed by atoms with Crippen LogP contribution in [0.25, 0.3) is 5.65 Å². The number of aryl methyl sites for hydroxylation is 1. The van der Waals surface area contributed by atoms with Crippen molar-refractivity contribution >= 4 is 5.65 Å². The molecule has 0 amide bonds. The monoisotopic (exact) mass is 261 g/mol. The van der Waals surface area contributed by atoms with Gasteiger partial charge in [0.15, 0.2) is 5.65 Å². The average molecular weight is 261 g/mol. The van der Waals surface area contributed by atoms with Crippen LogP contribution in [0.4, 0.5) is 0 Å². The van der Waals surface area contributed by atoms with Crippen molar-refractivity contribution in [3.8, 4) is 0 Å². The minimum absolute atomic E-state index is 0.323. The third-order valence-corrected chi connectivity index (χ3v) is 3.66. The molecule has 0 fully saturated rings. The lowest BCUT2D eigenvalue weighted by Crippen LogP contribution is -2.34. The average Bonchev–Trinajstić information content (AvgIpc) is 2.81. The van der Waals surface area contributed by atoms with Crippen LogP contribution in [0.5, 0.6) is 0 Å². The first-order valence-electron chi connectivity index (χ1n) is 7.08. The maximum absolute atomic E-state index is 4.53. The minimum Gasteiger partial charge on any atom is -0.313 e. The molecular formula is C14H23N5. The Kier molecular flexibility index (Phi) is 4.47. The summed E-state index contributed by atoms with van der Waals surface area (Å²) in [6, 6.07) is 0.427. The van der Waals surface area contributed by atoms with Gasteiger partial charge in [0.1, 0.15) is 5.82 Å². The zero-order valence-corrected chi connectivity index (χ0v) is 12.2. The Bertz CT molecular complexity index is 534. The van der Waals surface area contributed by atoms with E-state index in [9.17, 15) is 0 Å². The van der Waals surface area contributed by atoms with Crippen molar-refractivity contribution in [2.75, 3.05) is 6.54 Å². The molecule has 0 aromatic carbocycles. The molecule has 2 unspecified atom stereocenters. The molecule has 5 nitrogen and oxygen atoms in total. The van der Waals surface area contributed by atoms with Crippen molar-refractivity contribution < 1.29 is 0 Å². The Balaban J connectivity index is 2.31. The predicted octanol–water partition coefficient (Wildman–Crippen LogP) is 2.31. The van der Waals surface area contributed by atoms with Gasteiger partial charge >= 0.3 is 0 Å². The normalized spacial score (nSPS) is 14.7. The van der Waals surface area contributed by atoms with Gasteiger partial charge in [-0.15, -0.1) is 10.2 Å². The van der Waals surface area contributed by atoms with Crippen molar-refractivity contribution in [3.63, 3.8) is 0 Å². The van der Waals surface area contributed by atoms with Gasteiger partial charge in [-0.25, -0.2) is 0 Å². The van der Waals surface area contributed by atoms with Crippen LogP contribution in [0.3, 0.4) is 0 Å². The van der Waals surface area contributed by atoms with Crippen LogP contribution >= 0.6 is 0 Å². The fraction of sp³-hybridized carbons (Fsp3) is 0.643. The first kappa shape index (κ1) is 13.9. The van der Waals surface area contributed by atoms with Crippen LogP contribution in [-0.2, 0) is 0 Å². The smallest absolute Gasteiger partial charge is 0.182 e. The van der Waals surface area contributed by atoms with Crippen LogP contribution < -0.4 is 5.32 Å². The molecule has 2 heterocycles. The van der Waals surface area contributed by atoms with Gasteiger partial charge in [0.2, 0.25) is 0 Å². The van der Waals surface area contributed by atoms with Gasteiger partial charge in [0.25, 0.3) is 0 Å². The number of hydrogen-bond acceptors (Lipinski definition) is 4. The van der Waals surface area contributed by atoms with Crippen LogP contribution in [0.1, 0.15) is 51.0 Å². The molecule has 2 rings (SSSR count). The molecule has 2 aromatic heterocycles. The molecular weight excluding hydrogens is 238 g/mol. The summed E-state index contributed by atoms with van der Waals surface area (Å²) in [6.45, 7) is 9.60. The van der Waals surface area contributed by atoms with Crippen LogP contribution in [0, 0.1) is 6.92 Å². The number of fused-ring (bicyclic) bond motifs is 1. The molecule has 0 spiro atoms. The van der Waals surface area contributed by atoms with Crippen LogP contribution in [0.2, 0.25) is 0 Å². The van der Waals surface area contributed by atoms with E-state index in [1.54, 1.807) is 0 Å². The van der Waals surface area contributed by atoms with Crippen LogP contribution in [-0.4, -0.2) is 32.2 Å². The fourth-order valence-corrected chi connectivity index (χ4v) is 2.48.